The van der Waals surface area contributed by atoms with E-state index in [1.807, 2.05) is 0 Å². The molecule has 0 nitrogen and oxygen atoms in total. The van der Waals surface area contributed by atoms with Gasteiger partial charge in [-0.15, -0.1) is 24.8 Å². The summed E-state index contributed by atoms with van der Waals surface area (Å²) in [5, 5.41) is 2.91. The van der Waals surface area contributed by atoms with Crippen molar-refractivity contribution in [1.82, 2.24) is 0 Å². The van der Waals surface area contributed by atoms with E-state index in [9.17, 15) is 0 Å². The molecule has 0 bridgehead atoms. The van der Waals surface area contributed by atoms with Gasteiger partial charge in [0.15, 0.2) is 0 Å². The minimum absolute atomic E-state index is 0. The Morgan fingerprint density at radius 1 is 0.688 bits per heavy atom. The summed E-state index contributed by atoms with van der Waals surface area (Å²) >= 11 is 0.369. The van der Waals surface area contributed by atoms with E-state index in [0.29, 0.717) is 21.1 Å². The van der Waals surface area contributed by atoms with Crippen molar-refractivity contribution in [3.05, 3.63) is 112 Å². The molecule has 0 saturated heterocycles. The van der Waals surface area contributed by atoms with Crippen LogP contribution >= 0.6 is 32.7 Å². The zero-order chi connectivity index (χ0) is 21.1. The van der Waals surface area contributed by atoms with Gasteiger partial charge in [-0.3, -0.25) is 0 Å². The Kier molecular flexibility index (Phi) is 10.3. The maximum Gasteiger partial charge on any atom is -0.147 e. The smallest absolute Gasteiger partial charge is 0.147 e. The average Bonchev–Trinajstić information content (AvgIpc) is 2.97. The summed E-state index contributed by atoms with van der Waals surface area (Å²) in [6.45, 7) is 9.31. The number of benzene rings is 3. The first-order chi connectivity index (χ1) is 14.6. The Labute approximate surface area is 213 Å². The molecule has 3 aromatic carbocycles. The zero-order valence-electron chi connectivity index (χ0n) is 19.0. The predicted molar refractivity (Wildman–Crippen MR) is 144 cm³/mol. The molecule has 0 radical (unpaired) electrons. The Morgan fingerprint density at radius 2 is 1.19 bits per heavy atom. The predicted octanol–water partition coefficient (Wildman–Crippen LogP) is 7.13. The first-order valence-corrected chi connectivity index (χ1v) is 13.4. The molecule has 0 N–H and O–H groups in total. The standard InChI is InChI=1S/C19H16P.C9H13.2ClH.Cr/c1-4-10-17(11-5-1)16-20(18-12-6-2-7-13-18)19-14-8-3-9-15-19;1-6-5-7(2)9(4)8(6)3;;;/h1-10,12-15H,16H2;6H,1-4H3;2*1H;. The molecule has 0 spiro atoms. The number of allylic oxidation sites excluding steroid dienone is 4. The first-order valence-electron chi connectivity index (χ1n) is 10.6. The number of hydrogen-bond donors (Lipinski definition) is 0. The van der Waals surface area contributed by atoms with Crippen LogP contribution in [0.2, 0.25) is 0 Å². The summed E-state index contributed by atoms with van der Waals surface area (Å²) in [5.74, 6) is 0.586. The van der Waals surface area contributed by atoms with E-state index < -0.39 is 7.92 Å². The third-order valence-electron chi connectivity index (χ3n) is 6.22. The summed E-state index contributed by atoms with van der Waals surface area (Å²) in [6, 6.07) is 31.3. The third-order valence-corrected chi connectivity index (χ3v) is 11.1. The summed E-state index contributed by atoms with van der Waals surface area (Å²) in [4.78, 5) is 0. The Hall–Kier alpha value is -1.32. The third kappa shape index (κ3) is 5.78. The van der Waals surface area contributed by atoms with E-state index in [0.717, 1.165) is 6.16 Å². The first kappa shape index (κ1) is 26.9. The van der Waals surface area contributed by atoms with Gasteiger partial charge in [-0.2, -0.15) is 0 Å². The molecule has 1 unspecified atom stereocenters. The van der Waals surface area contributed by atoms with Crippen LogP contribution in [0.15, 0.2) is 106 Å². The molecule has 0 saturated carbocycles. The van der Waals surface area contributed by atoms with E-state index in [-0.39, 0.29) is 24.8 Å². The van der Waals surface area contributed by atoms with Crippen molar-refractivity contribution in [3.63, 3.8) is 0 Å². The molecule has 32 heavy (non-hydrogen) atoms. The quantitative estimate of drug-likeness (QED) is 0.303. The van der Waals surface area contributed by atoms with Crippen molar-refractivity contribution < 1.29 is 15.2 Å². The van der Waals surface area contributed by atoms with Gasteiger partial charge in [0.05, 0.1) is 0 Å². The van der Waals surface area contributed by atoms with Gasteiger partial charge in [-0.05, 0) is 0 Å². The van der Waals surface area contributed by atoms with Crippen molar-refractivity contribution in [2.75, 3.05) is 0 Å². The fourth-order valence-electron chi connectivity index (χ4n) is 4.06. The fourth-order valence-corrected chi connectivity index (χ4v) is 8.63. The molecular formula is C28H31Cl2CrP. The molecule has 1 atom stereocenters. The molecule has 1 aliphatic rings. The van der Waals surface area contributed by atoms with Gasteiger partial charge in [-0.1, -0.05) is 0 Å². The molecular weight excluding hydrogens is 490 g/mol. The zero-order valence-corrected chi connectivity index (χ0v) is 22.8. The largest absolute Gasteiger partial charge is 0.147 e. The van der Waals surface area contributed by atoms with Gasteiger partial charge in [0.2, 0.25) is 0 Å². The molecule has 0 heterocycles. The van der Waals surface area contributed by atoms with E-state index >= 15 is 0 Å². The van der Waals surface area contributed by atoms with E-state index in [1.54, 1.807) is 14.4 Å². The topological polar surface area (TPSA) is 0 Å². The van der Waals surface area contributed by atoms with Crippen LogP contribution in [0.5, 0.6) is 0 Å². The molecule has 0 amide bonds. The Morgan fingerprint density at radius 3 is 1.69 bits per heavy atom. The minimum atomic E-state index is -0.418. The fraction of sp³-hybridized carbons (Fsp3) is 0.214. The second-order valence-electron chi connectivity index (χ2n) is 7.99. The second kappa shape index (κ2) is 12.2. The summed E-state index contributed by atoms with van der Waals surface area (Å²) in [6.07, 6.45) is 1.10. The van der Waals surface area contributed by atoms with Crippen LogP contribution in [0.25, 0.3) is 0 Å². The molecule has 0 aliphatic heterocycles. The van der Waals surface area contributed by atoms with Gasteiger partial charge in [0.1, 0.15) is 0 Å². The van der Waals surface area contributed by atoms with Crippen molar-refractivity contribution in [2.45, 2.75) is 33.9 Å². The molecule has 168 valence electrons. The average molecular weight is 521 g/mol. The van der Waals surface area contributed by atoms with Crippen LogP contribution in [-0.2, 0) is 21.4 Å². The van der Waals surface area contributed by atoms with Crippen molar-refractivity contribution in [1.29, 1.82) is 0 Å². The van der Waals surface area contributed by atoms with Crippen molar-refractivity contribution in [2.24, 2.45) is 5.92 Å². The van der Waals surface area contributed by atoms with Crippen LogP contribution in [0.4, 0.5) is 0 Å². The molecule has 4 rings (SSSR count). The summed E-state index contributed by atoms with van der Waals surface area (Å²) < 4.78 is 3.21. The van der Waals surface area contributed by atoms with Gasteiger partial charge >= 0.3 is 190 Å². The number of rotatable bonds is 6. The molecule has 1 aliphatic carbocycles. The van der Waals surface area contributed by atoms with Crippen LogP contribution in [0.1, 0.15) is 33.3 Å². The van der Waals surface area contributed by atoms with Gasteiger partial charge < -0.3 is 0 Å². The van der Waals surface area contributed by atoms with Gasteiger partial charge in [0, 0.05) is 0 Å². The maximum atomic E-state index is 2.38. The molecule has 0 fully saturated rings. The number of hydrogen-bond acceptors (Lipinski definition) is 0. The van der Waals surface area contributed by atoms with Gasteiger partial charge in [-0.25, -0.2) is 0 Å². The molecule has 0 aromatic heterocycles. The van der Waals surface area contributed by atoms with E-state index in [1.165, 1.54) is 27.3 Å². The number of halogens is 2. The van der Waals surface area contributed by atoms with Crippen LogP contribution < -0.4 is 15.0 Å². The van der Waals surface area contributed by atoms with Crippen LogP contribution in [0.3, 0.4) is 0 Å². The second-order valence-corrected chi connectivity index (χ2v) is 11.9. The molecule has 4 heteroatoms. The monoisotopic (exact) mass is 520 g/mol. The Balaban J connectivity index is 0.00000181. The van der Waals surface area contributed by atoms with Crippen molar-refractivity contribution in [3.8, 4) is 0 Å². The Bertz CT molecular complexity index is 1050. The van der Waals surface area contributed by atoms with Gasteiger partial charge in [0.25, 0.3) is 0 Å². The minimum Gasteiger partial charge on any atom is -0.147 e. The summed E-state index contributed by atoms with van der Waals surface area (Å²) in [7, 11) is -0.418. The van der Waals surface area contributed by atoms with E-state index in [4.69, 9.17) is 0 Å². The normalized spacial score (nSPS) is 15.6. The SMILES string of the molecule is CC1=C(C)C(C)[C]([Cr][c]2ccccc2CP(c2ccccc2)c2ccccc2)=C1C.Cl.Cl. The maximum absolute atomic E-state index is 2.38. The van der Waals surface area contributed by atoms with Crippen LogP contribution in [-0.4, -0.2) is 0 Å². The van der Waals surface area contributed by atoms with E-state index in [2.05, 4.69) is 113 Å². The van der Waals surface area contributed by atoms with Crippen molar-refractivity contribution >= 4 is 47.8 Å². The van der Waals surface area contributed by atoms with Crippen LogP contribution in [0, 0.1) is 5.92 Å². The summed E-state index contributed by atoms with van der Waals surface area (Å²) in [5.41, 5.74) is 6.11. The molecule has 3 aromatic rings.